The van der Waals surface area contributed by atoms with Gasteiger partial charge in [-0.2, -0.15) is 14.4 Å². The van der Waals surface area contributed by atoms with E-state index in [9.17, 15) is 9.50 Å². The van der Waals surface area contributed by atoms with Gasteiger partial charge in [0.05, 0.1) is 27.1 Å². The van der Waals surface area contributed by atoms with Crippen LogP contribution in [-0.4, -0.2) is 45.4 Å². The first-order valence-corrected chi connectivity index (χ1v) is 12.2. The topological polar surface area (TPSA) is 99.1 Å². The van der Waals surface area contributed by atoms with E-state index in [0.29, 0.717) is 11.2 Å². The van der Waals surface area contributed by atoms with Crippen molar-refractivity contribution in [3.8, 4) is 0 Å². The number of anilines is 1. The van der Waals surface area contributed by atoms with Gasteiger partial charge < -0.3 is 15.6 Å². The summed E-state index contributed by atoms with van der Waals surface area (Å²) in [7, 11) is -1.58. The smallest absolute Gasteiger partial charge is 0.312 e. The maximum atomic E-state index is 13.7. The van der Waals surface area contributed by atoms with Crippen LogP contribution in [0.15, 0.2) is 6.33 Å². The monoisotopic (exact) mass is 381 g/mol. The van der Waals surface area contributed by atoms with Crippen LogP contribution in [0.1, 0.15) is 33.4 Å². The van der Waals surface area contributed by atoms with Crippen LogP contribution in [0, 0.1) is 12.0 Å². The van der Waals surface area contributed by atoms with Crippen molar-refractivity contribution >= 4 is 25.1 Å². The lowest BCUT2D eigenvalue weighted by atomic mass is 10.1. The molecule has 0 radical (unpaired) electrons. The molecule has 144 valence electrons. The summed E-state index contributed by atoms with van der Waals surface area (Å²) in [5.74, 6) is 0.216. The molecule has 0 saturated carbocycles. The fraction of sp³-hybridized carbons (Fsp3) is 0.706. The average Bonchev–Trinajstić information content (AvgIpc) is 3.09. The molecule has 3 heterocycles. The second kappa shape index (κ2) is 6.54. The predicted molar refractivity (Wildman–Crippen MR) is 101 cm³/mol. The van der Waals surface area contributed by atoms with Crippen molar-refractivity contribution in [1.82, 2.24) is 19.5 Å². The van der Waals surface area contributed by atoms with E-state index in [0.717, 1.165) is 12.5 Å². The fourth-order valence-electron chi connectivity index (χ4n) is 3.47. The van der Waals surface area contributed by atoms with E-state index in [-0.39, 0.29) is 35.7 Å². The zero-order valence-electron chi connectivity index (χ0n) is 16.0. The number of imidazole rings is 1. The Morgan fingerprint density at radius 3 is 2.69 bits per heavy atom. The zero-order valence-corrected chi connectivity index (χ0v) is 17.0. The summed E-state index contributed by atoms with van der Waals surface area (Å²) in [6.07, 6.45) is 0.875. The number of fused-ring (bicyclic) bond motifs is 1. The maximum Gasteiger partial charge on any atom is 0.312 e. The third-order valence-electron chi connectivity index (χ3n) is 6.00. The van der Waals surface area contributed by atoms with E-state index in [4.69, 9.17) is 10.5 Å². The molecule has 1 aliphatic rings. The quantitative estimate of drug-likeness (QED) is 0.624. The van der Waals surface area contributed by atoms with Gasteiger partial charge in [-0.3, -0.25) is 4.57 Å². The SMILES string of the molecule is CC(C)(C)[Si](C)(C)CC1C[C@@H](CO)O[C@H]1n1cnc2c(N)nc(F)nc21. The molecule has 2 aromatic heterocycles. The van der Waals surface area contributed by atoms with Gasteiger partial charge in [-0.05, 0) is 17.5 Å². The van der Waals surface area contributed by atoms with Gasteiger partial charge in [0.2, 0.25) is 0 Å². The van der Waals surface area contributed by atoms with Crippen LogP contribution in [0.2, 0.25) is 24.2 Å². The molecule has 3 atom stereocenters. The Morgan fingerprint density at radius 2 is 2.08 bits per heavy atom. The zero-order chi connectivity index (χ0) is 19.3. The minimum atomic E-state index is -1.58. The number of ether oxygens (including phenoxy) is 1. The molecular formula is C17H28FN5O2Si. The van der Waals surface area contributed by atoms with E-state index in [1.165, 1.54) is 0 Å². The standard InChI is InChI=1S/C17H28FN5O2Si/c1-17(2,3)26(4,5)8-10-6-11(7-24)25-15(10)23-9-20-12-13(19)21-16(18)22-14(12)23/h9-11,15,24H,6-8H2,1-5H3,(H2,19,21,22)/t10?,11-,15+/m0/s1. The lowest BCUT2D eigenvalue weighted by molar-refractivity contribution is -0.0296. The lowest BCUT2D eigenvalue weighted by Crippen LogP contribution is -2.39. The van der Waals surface area contributed by atoms with Gasteiger partial charge in [-0.1, -0.05) is 33.9 Å². The molecule has 3 N–H and O–H groups in total. The first-order valence-electron chi connectivity index (χ1n) is 8.95. The van der Waals surface area contributed by atoms with Crippen LogP contribution in [-0.2, 0) is 4.74 Å². The van der Waals surface area contributed by atoms with E-state index in [1.807, 2.05) is 0 Å². The molecular weight excluding hydrogens is 353 g/mol. The highest BCUT2D eigenvalue weighted by atomic mass is 28.3. The molecule has 1 aliphatic heterocycles. The van der Waals surface area contributed by atoms with Gasteiger partial charge in [-0.15, -0.1) is 0 Å². The summed E-state index contributed by atoms with van der Waals surface area (Å²) < 4.78 is 21.5. The molecule has 0 aliphatic carbocycles. The molecule has 26 heavy (non-hydrogen) atoms. The Hall–Kier alpha value is -1.58. The first-order chi connectivity index (χ1) is 12.0. The van der Waals surface area contributed by atoms with Crippen molar-refractivity contribution in [1.29, 1.82) is 0 Å². The maximum absolute atomic E-state index is 13.7. The molecule has 0 aromatic carbocycles. The largest absolute Gasteiger partial charge is 0.394 e. The third kappa shape index (κ3) is 3.35. The third-order valence-corrected chi connectivity index (χ3v) is 11.6. The van der Waals surface area contributed by atoms with E-state index in [1.54, 1.807) is 10.9 Å². The molecule has 1 fully saturated rings. The normalized spacial score (nSPS) is 24.5. The van der Waals surface area contributed by atoms with Gasteiger partial charge in [-0.25, -0.2) is 4.98 Å². The first kappa shape index (κ1) is 19.2. The summed E-state index contributed by atoms with van der Waals surface area (Å²) >= 11 is 0. The van der Waals surface area contributed by atoms with Crippen LogP contribution in [0.3, 0.4) is 0 Å². The summed E-state index contributed by atoms with van der Waals surface area (Å²) in [6, 6.07) is 1.03. The number of aliphatic hydroxyl groups excluding tert-OH is 1. The Labute approximate surface area is 153 Å². The van der Waals surface area contributed by atoms with Gasteiger partial charge >= 0.3 is 6.08 Å². The van der Waals surface area contributed by atoms with Crippen LogP contribution >= 0.6 is 0 Å². The number of aliphatic hydroxyl groups is 1. The lowest BCUT2D eigenvalue weighted by Gasteiger charge is -2.39. The Balaban J connectivity index is 1.99. The summed E-state index contributed by atoms with van der Waals surface area (Å²) in [5, 5.41) is 9.86. The number of hydrogen-bond donors (Lipinski definition) is 2. The highest BCUT2D eigenvalue weighted by molar-refractivity contribution is 6.80. The van der Waals surface area contributed by atoms with Gasteiger partial charge in [0, 0.05) is 5.92 Å². The highest BCUT2D eigenvalue weighted by Gasteiger charge is 2.44. The number of aromatic nitrogens is 4. The molecule has 7 nitrogen and oxygen atoms in total. The van der Waals surface area contributed by atoms with Crippen molar-refractivity contribution in [2.24, 2.45) is 5.92 Å². The second-order valence-electron chi connectivity index (χ2n) is 8.87. The second-order valence-corrected chi connectivity index (χ2v) is 14.5. The van der Waals surface area contributed by atoms with Crippen molar-refractivity contribution in [2.75, 3.05) is 12.3 Å². The van der Waals surface area contributed by atoms with Crippen molar-refractivity contribution in [3.05, 3.63) is 12.4 Å². The molecule has 0 spiro atoms. The van der Waals surface area contributed by atoms with Crippen molar-refractivity contribution in [2.45, 2.75) is 63.7 Å². The van der Waals surface area contributed by atoms with Crippen molar-refractivity contribution in [3.63, 3.8) is 0 Å². The minimum Gasteiger partial charge on any atom is -0.394 e. The van der Waals surface area contributed by atoms with E-state index < -0.39 is 14.2 Å². The van der Waals surface area contributed by atoms with Gasteiger partial charge in [0.25, 0.3) is 0 Å². The highest BCUT2D eigenvalue weighted by Crippen LogP contribution is 2.47. The van der Waals surface area contributed by atoms with Gasteiger partial charge in [0.15, 0.2) is 17.0 Å². The average molecular weight is 382 g/mol. The van der Waals surface area contributed by atoms with E-state index in [2.05, 4.69) is 48.8 Å². The number of halogens is 1. The summed E-state index contributed by atoms with van der Waals surface area (Å²) in [5.41, 5.74) is 6.48. The predicted octanol–water partition coefficient (Wildman–Crippen LogP) is 2.95. The van der Waals surface area contributed by atoms with Crippen LogP contribution in [0.25, 0.3) is 11.2 Å². The molecule has 1 saturated heterocycles. The molecule has 0 amide bonds. The number of rotatable bonds is 4. The number of hydrogen-bond acceptors (Lipinski definition) is 6. The number of nitrogen functional groups attached to an aromatic ring is 1. The molecule has 9 heteroatoms. The fourth-order valence-corrected chi connectivity index (χ4v) is 5.76. The van der Waals surface area contributed by atoms with Crippen LogP contribution in [0.4, 0.5) is 10.2 Å². The molecule has 3 rings (SSSR count). The Bertz CT molecular complexity index is 804. The summed E-state index contributed by atoms with van der Waals surface area (Å²) in [4.78, 5) is 11.7. The van der Waals surface area contributed by atoms with Crippen LogP contribution in [0.5, 0.6) is 0 Å². The van der Waals surface area contributed by atoms with E-state index >= 15 is 0 Å². The van der Waals surface area contributed by atoms with Crippen LogP contribution < -0.4 is 5.73 Å². The summed E-state index contributed by atoms with van der Waals surface area (Å²) in [6.45, 7) is 11.6. The molecule has 0 bridgehead atoms. The van der Waals surface area contributed by atoms with Gasteiger partial charge in [0.1, 0.15) is 6.23 Å². The number of nitrogens with zero attached hydrogens (tertiary/aromatic N) is 4. The Morgan fingerprint density at radius 1 is 1.38 bits per heavy atom. The molecule has 2 aromatic rings. The Kier molecular flexibility index (Phi) is 4.83. The molecule has 1 unspecified atom stereocenters. The number of nitrogens with two attached hydrogens (primary N) is 1. The minimum absolute atomic E-state index is 0.0175. The van der Waals surface area contributed by atoms with Crippen molar-refractivity contribution < 1.29 is 14.2 Å².